The lowest BCUT2D eigenvalue weighted by Gasteiger charge is -2.11. The Balaban J connectivity index is 1.69. The third-order valence-corrected chi connectivity index (χ3v) is 4.23. The van der Waals surface area contributed by atoms with Gasteiger partial charge in [-0.25, -0.2) is 9.78 Å². The van der Waals surface area contributed by atoms with Crippen LogP contribution in [0.4, 0.5) is 17.5 Å². The largest absolute Gasteiger partial charge is 0.462 e. The van der Waals surface area contributed by atoms with Crippen LogP contribution in [-0.2, 0) is 11.3 Å². The summed E-state index contributed by atoms with van der Waals surface area (Å²) in [5.41, 5.74) is 4.62. The third kappa shape index (κ3) is 5.07. The zero-order valence-corrected chi connectivity index (χ0v) is 16.3. The second kappa shape index (κ2) is 8.99. The molecule has 0 saturated heterocycles. The van der Waals surface area contributed by atoms with Gasteiger partial charge >= 0.3 is 5.97 Å². The van der Waals surface area contributed by atoms with E-state index in [1.165, 1.54) is 11.1 Å². The number of ether oxygens (including phenoxy) is 1. The zero-order chi connectivity index (χ0) is 19.9. The van der Waals surface area contributed by atoms with E-state index < -0.39 is 0 Å². The maximum Gasteiger partial charge on any atom is 0.338 e. The number of benzene rings is 2. The van der Waals surface area contributed by atoms with E-state index in [0.29, 0.717) is 24.7 Å². The molecule has 6 nitrogen and oxygen atoms in total. The van der Waals surface area contributed by atoms with Crippen molar-refractivity contribution in [3.63, 3.8) is 0 Å². The normalized spacial score (nSPS) is 10.4. The fourth-order valence-corrected chi connectivity index (χ4v) is 2.74. The molecule has 0 amide bonds. The Morgan fingerprint density at radius 3 is 2.50 bits per heavy atom. The average Bonchev–Trinajstić information content (AvgIpc) is 2.68. The lowest BCUT2D eigenvalue weighted by Crippen LogP contribution is -2.07. The summed E-state index contributed by atoms with van der Waals surface area (Å²) >= 11 is 0. The van der Waals surface area contributed by atoms with Crippen LogP contribution in [0.3, 0.4) is 0 Å². The minimum absolute atomic E-state index is 0.330. The molecule has 0 aliphatic heterocycles. The second-order valence-corrected chi connectivity index (χ2v) is 6.42. The molecule has 0 aliphatic carbocycles. The van der Waals surface area contributed by atoms with Crippen molar-refractivity contribution in [2.24, 2.45) is 0 Å². The first-order valence-electron chi connectivity index (χ1n) is 9.23. The van der Waals surface area contributed by atoms with E-state index in [9.17, 15) is 4.79 Å². The number of hydrogen-bond acceptors (Lipinski definition) is 6. The first kappa shape index (κ1) is 19.4. The smallest absolute Gasteiger partial charge is 0.338 e. The number of nitrogens with one attached hydrogen (secondary N) is 2. The van der Waals surface area contributed by atoms with Crippen LogP contribution in [0.1, 0.15) is 34.1 Å². The summed E-state index contributed by atoms with van der Waals surface area (Å²) in [7, 11) is 0. The van der Waals surface area contributed by atoms with Gasteiger partial charge in [0, 0.05) is 24.0 Å². The minimum Gasteiger partial charge on any atom is -0.462 e. The van der Waals surface area contributed by atoms with E-state index in [1.54, 1.807) is 31.2 Å². The van der Waals surface area contributed by atoms with Crippen LogP contribution in [0.2, 0.25) is 0 Å². The number of esters is 1. The van der Waals surface area contributed by atoms with Crippen molar-refractivity contribution in [2.45, 2.75) is 27.3 Å². The molecule has 0 spiro atoms. The topological polar surface area (TPSA) is 76.1 Å². The lowest BCUT2D eigenvalue weighted by molar-refractivity contribution is 0.0526. The standard InChI is InChI=1S/C22H24N4O2/c1-4-28-21(27)17-9-11-19(12-10-17)25-22-24-16(3)13-20(26-22)23-14-18-8-6-5-7-15(18)2/h5-13H,4,14H2,1-3H3,(H2,23,24,25,26). The molecule has 3 aromatic rings. The summed E-state index contributed by atoms with van der Waals surface area (Å²) in [5, 5.41) is 6.53. The Kier molecular flexibility index (Phi) is 6.22. The van der Waals surface area contributed by atoms with Gasteiger partial charge in [-0.3, -0.25) is 0 Å². The molecule has 0 unspecified atom stereocenters. The van der Waals surface area contributed by atoms with E-state index in [1.807, 2.05) is 25.1 Å². The zero-order valence-electron chi connectivity index (χ0n) is 16.3. The SMILES string of the molecule is CCOC(=O)c1ccc(Nc2nc(C)cc(NCc3ccccc3C)n2)cc1. The van der Waals surface area contributed by atoms with Crippen molar-refractivity contribution in [1.29, 1.82) is 0 Å². The maximum absolute atomic E-state index is 11.7. The number of anilines is 3. The first-order chi connectivity index (χ1) is 13.5. The van der Waals surface area contributed by atoms with Crippen LogP contribution >= 0.6 is 0 Å². The fraction of sp³-hybridized carbons (Fsp3) is 0.227. The van der Waals surface area contributed by atoms with E-state index in [2.05, 4.69) is 39.7 Å². The highest BCUT2D eigenvalue weighted by Gasteiger charge is 2.07. The third-order valence-electron chi connectivity index (χ3n) is 4.23. The molecule has 0 bridgehead atoms. The van der Waals surface area contributed by atoms with Crippen LogP contribution in [-0.4, -0.2) is 22.5 Å². The molecule has 28 heavy (non-hydrogen) atoms. The molecule has 0 saturated carbocycles. The van der Waals surface area contributed by atoms with Crippen LogP contribution in [0.25, 0.3) is 0 Å². The van der Waals surface area contributed by atoms with E-state index in [4.69, 9.17) is 4.74 Å². The van der Waals surface area contributed by atoms with Gasteiger partial charge in [0.25, 0.3) is 0 Å². The summed E-state index contributed by atoms with van der Waals surface area (Å²) in [6.45, 7) is 6.85. The summed E-state index contributed by atoms with van der Waals surface area (Å²) < 4.78 is 5.00. The highest BCUT2D eigenvalue weighted by molar-refractivity contribution is 5.89. The van der Waals surface area contributed by atoms with Gasteiger partial charge in [0.1, 0.15) is 5.82 Å². The van der Waals surface area contributed by atoms with Crippen LogP contribution in [0.5, 0.6) is 0 Å². The van der Waals surface area contributed by atoms with Crippen molar-refractivity contribution in [3.05, 3.63) is 77.0 Å². The molecule has 144 valence electrons. The van der Waals surface area contributed by atoms with Crippen molar-refractivity contribution in [2.75, 3.05) is 17.2 Å². The van der Waals surface area contributed by atoms with Gasteiger partial charge in [-0.2, -0.15) is 4.98 Å². The van der Waals surface area contributed by atoms with Crippen molar-refractivity contribution in [1.82, 2.24) is 9.97 Å². The van der Waals surface area contributed by atoms with Gasteiger partial charge in [-0.05, 0) is 56.2 Å². The number of aryl methyl sites for hydroxylation is 2. The molecule has 1 aromatic heterocycles. The number of carbonyl (C=O) groups is 1. The van der Waals surface area contributed by atoms with Crippen molar-refractivity contribution < 1.29 is 9.53 Å². The molecule has 3 rings (SSSR count). The molecule has 2 aromatic carbocycles. The fourth-order valence-electron chi connectivity index (χ4n) is 2.74. The highest BCUT2D eigenvalue weighted by atomic mass is 16.5. The summed E-state index contributed by atoms with van der Waals surface area (Å²) in [5.74, 6) is 0.918. The molecular formula is C22H24N4O2. The van der Waals surface area contributed by atoms with Crippen molar-refractivity contribution >= 4 is 23.4 Å². The molecular weight excluding hydrogens is 352 g/mol. The molecule has 1 heterocycles. The first-order valence-corrected chi connectivity index (χ1v) is 9.23. The van der Waals surface area contributed by atoms with Gasteiger partial charge in [-0.1, -0.05) is 24.3 Å². The molecule has 0 aliphatic rings. The van der Waals surface area contributed by atoms with Gasteiger partial charge in [0.15, 0.2) is 0 Å². The predicted molar refractivity (Wildman–Crippen MR) is 111 cm³/mol. The van der Waals surface area contributed by atoms with Gasteiger partial charge in [0.05, 0.1) is 12.2 Å². The highest BCUT2D eigenvalue weighted by Crippen LogP contribution is 2.18. The Labute approximate surface area is 165 Å². The average molecular weight is 376 g/mol. The second-order valence-electron chi connectivity index (χ2n) is 6.42. The molecule has 0 radical (unpaired) electrons. The number of hydrogen-bond donors (Lipinski definition) is 2. The maximum atomic E-state index is 11.7. The molecule has 6 heteroatoms. The van der Waals surface area contributed by atoms with Crippen LogP contribution < -0.4 is 10.6 Å². The summed E-state index contributed by atoms with van der Waals surface area (Å²) in [6, 6.07) is 17.2. The summed E-state index contributed by atoms with van der Waals surface area (Å²) in [4.78, 5) is 20.7. The quantitative estimate of drug-likeness (QED) is 0.586. The number of rotatable bonds is 7. The van der Waals surface area contributed by atoms with Crippen LogP contribution in [0, 0.1) is 13.8 Å². The Bertz CT molecular complexity index is 955. The van der Waals surface area contributed by atoms with E-state index in [0.717, 1.165) is 17.2 Å². The molecule has 0 atom stereocenters. The Morgan fingerprint density at radius 2 is 1.79 bits per heavy atom. The van der Waals surface area contributed by atoms with E-state index in [-0.39, 0.29) is 5.97 Å². The summed E-state index contributed by atoms with van der Waals surface area (Å²) in [6.07, 6.45) is 0. The van der Waals surface area contributed by atoms with E-state index >= 15 is 0 Å². The molecule has 2 N–H and O–H groups in total. The Morgan fingerprint density at radius 1 is 1.04 bits per heavy atom. The number of carbonyl (C=O) groups excluding carboxylic acids is 1. The molecule has 0 fully saturated rings. The van der Waals surface area contributed by atoms with Gasteiger partial charge in [-0.15, -0.1) is 0 Å². The minimum atomic E-state index is -0.330. The monoisotopic (exact) mass is 376 g/mol. The van der Waals surface area contributed by atoms with Gasteiger partial charge in [0.2, 0.25) is 5.95 Å². The van der Waals surface area contributed by atoms with Crippen LogP contribution in [0.15, 0.2) is 54.6 Å². The number of nitrogens with zero attached hydrogens (tertiary/aromatic N) is 2. The Hall–Kier alpha value is -3.41. The predicted octanol–water partition coefficient (Wildman–Crippen LogP) is 4.63. The van der Waals surface area contributed by atoms with Gasteiger partial charge < -0.3 is 15.4 Å². The lowest BCUT2D eigenvalue weighted by atomic mass is 10.1. The number of aromatic nitrogens is 2. The van der Waals surface area contributed by atoms with Crippen molar-refractivity contribution in [3.8, 4) is 0 Å².